The molecule has 2 amide bonds. The second-order valence-corrected chi connectivity index (χ2v) is 9.18. The Morgan fingerprint density at radius 1 is 1.22 bits per heavy atom. The van der Waals surface area contributed by atoms with Gasteiger partial charge in [0, 0.05) is 25.3 Å². The van der Waals surface area contributed by atoms with Crippen LogP contribution >= 0.6 is 0 Å². The Morgan fingerprint density at radius 2 is 2.11 bits per heavy atom. The molecule has 0 unspecified atom stereocenters. The van der Waals surface area contributed by atoms with E-state index in [0.717, 1.165) is 0 Å². The number of aromatic nitrogens is 3. The third kappa shape index (κ3) is 4.14. The van der Waals surface area contributed by atoms with E-state index in [0.29, 0.717) is 83.7 Å². The summed E-state index contributed by atoms with van der Waals surface area (Å²) in [4.78, 5) is 38.9. The van der Waals surface area contributed by atoms with Crippen molar-refractivity contribution in [3.05, 3.63) is 30.2 Å². The number of fused-ring (bicyclic) bond motifs is 2. The molecule has 0 bridgehead atoms. The fourth-order valence-corrected chi connectivity index (χ4v) is 4.61. The van der Waals surface area contributed by atoms with E-state index in [9.17, 15) is 9.59 Å². The first-order valence-corrected chi connectivity index (χ1v) is 12.2. The zero-order valence-corrected chi connectivity index (χ0v) is 19.9. The molecule has 1 aromatic carbocycles. The molecule has 0 spiro atoms. The third-order valence-electron chi connectivity index (χ3n) is 6.67. The molecule has 1 aliphatic carbocycles. The van der Waals surface area contributed by atoms with Crippen molar-refractivity contribution in [1.29, 1.82) is 0 Å². The van der Waals surface area contributed by atoms with Gasteiger partial charge in [0.2, 0.25) is 6.79 Å². The summed E-state index contributed by atoms with van der Waals surface area (Å²) in [5.41, 5.74) is 2.73. The minimum atomic E-state index is -0.361. The highest BCUT2D eigenvalue weighted by atomic mass is 16.7. The van der Waals surface area contributed by atoms with Gasteiger partial charge in [-0.15, -0.1) is 0 Å². The van der Waals surface area contributed by atoms with Gasteiger partial charge in [0.05, 0.1) is 29.9 Å². The lowest BCUT2D eigenvalue weighted by molar-refractivity contribution is 0.0931. The summed E-state index contributed by atoms with van der Waals surface area (Å²) in [6, 6.07) is 3.53. The fraction of sp³-hybridized carbons (Fsp3) is 0.440. The molecule has 36 heavy (non-hydrogen) atoms. The van der Waals surface area contributed by atoms with Crippen LogP contribution in [-0.2, 0) is 4.74 Å². The lowest BCUT2D eigenvalue weighted by Gasteiger charge is -2.16. The van der Waals surface area contributed by atoms with Crippen molar-refractivity contribution in [2.75, 3.05) is 33.1 Å². The maximum atomic E-state index is 13.2. The zero-order chi connectivity index (χ0) is 24.6. The average molecular weight is 494 g/mol. The van der Waals surface area contributed by atoms with Crippen LogP contribution in [0.3, 0.4) is 0 Å². The van der Waals surface area contributed by atoms with Gasteiger partial charge in [-0.05, 0) is 44.2 Å². The largest absolute Gasteiger partial charge is 0.492 e. The summed E-state index contributed by atoms with van der Waals surface area (Å²) in [7, 11) is 0. The predicted octanol–water partition coefficient (Wildman–Crippen LogP) is 3.10. The summed E-state index contributed by atoms with van der Waals surface area (Å²) in [6.45, 7) is 3.77. The molecule has 188 valence electrons. The van der Waals surface area contributed by atoms with Gasteiger partial charge in [0.25, 0.3) is 5.91 Å². The van der Waals surface area contributed by atoms with E-state index < -0.39 is 0 Å². The second kappa shape index (κ2) is 9.21. The van der Waals surface area contributed by atoms with Crippen LogP contribution in [0.2, 0.25) is 0 Å². The molecule has 2 fully saturated rings. The number of nitrogens with one attached hydrogen (secondary N) is 2. The number of ether oxygens (including phenoxy) is 4. The Kier molecular flexibility index (Phi) is 5.74. The number of rotatable bonds is 7. The molecule has 2 aromatic heterocycles. The lowest BCUT2D eigenvalue weighted by atomic mass is 10.1. The summed E-state index contributed by atoms with van der Waals surface area (Å²) in [6.07, 6.45) is 5.70. The first kappa shape index (κ1) is 22.4. The summed E-state index contributed by atoms with van der Waals surface area (Å²) in [5, 5.41) is 3.01. The number of carbonyl (C=O) groups is 2. The number of carbonyl (C=O) groups excluding carboxylic acids is 2. The van der Waals surface area contributed by atoms with Crippen LogP contribution in [0.4, 0.5) is 4.79 Å². The molecule has 2 N–H and O–H groups in total. The van der Waals surface area contributed by atoms with E-state index in [4.69, 9.17) is 18.9 Å². The molecule has 6 rings (SSSR count). The smallest absolute Gasteiger partial charge is 0.409 e. The highest BCUT2D eigenvalue weighted by Crippen LogP contribution is 2.48. The molecule has 1 saturated carbocycles. The van der Waals surface area contributed by atoms with Crippen molar-refractivity contribution < 1.29 is 28.5 Å². The maximum absolute atomic E-state index is 13.2. The van der Waals surface area contributed by atoms with E-state index in [2.05, 4.69) is 20.3 Å². The molecule has 11 nitrogen and oxygen atoms in total. The fourth-order valence-electron chi connectivity index (χ4n) is 4.61. The average Bonchev–Trinajstić information content (AvgIpc) is 3.25. The standard InChI is InChI=1S/C25H27N5O6/c1-2-33-25(32)30-8-7-15(10-30)29-24(31)16-9-26-22-20(16)27-12-28-21(22)19-17(34-11-14-3-4-14)5-6-18-23(19)36-13-35-18/h5-6,9,12,14-15,26H,2-4,7-8,10-11,13H2,1H3,(H,29,31)/t15-/m1/s1. The number of amides is 2. The van der Waals surface area contributed by atoms with Gasteiger partial charge in [-0.2, -0.15) is 0 Å². The number of H-pyrrole nitrogens is 1. The number of likely N-dealkylation sites (tertiary alicyclic amines) is 1. The van der Waals surface area contributed by atoms with Crippen molar-refractivity contribution in [3.8, 4) is 28.5 Å². The first-order chi connectivity index (χ1) is 17.6. The normalized spacial score (nSPS) is 18.5. The molecule has 3 aliphatic rings. The molecule has 4 heterocycles. The van der Waals surface area contributed by atoms with Crippen LogP contribution in [0.25, 0.3) is 22.3 Å². The molecule has 1 saturated heterocycles. The van der Waals surface area contributed by atoms with Crippen molar-refractivity contribution in [1.82, 2.24) is 25.2 Å². The highest BCUT2D eigenvalue weighted by Gasteiger charge is 2.31. The number of nitrogens with zero attached hydrogens (tertiary/aromatic N) is 3. The Labute approximate surface area is 207 Å². The predicted molar refractivity (Wildman–Crippen MR) is 128 cm³/mol. The van der Waals surface area contributed by atoms with Gasteiger partial charge in [-0.3, -0.25) is 4.79 Å². The van der Waals surface area contributed by atoms with E-state index in [-0.39, 0.29) is 24.8 Å². The van der Waals surface area contributed by atoms with E-state index in [1.807, 2.05) is 12.1 Å². The van der Waals surface area contributed by atoms with Crippen LogP contribution < -0.4 is 19.5 Å². The van der Waals surface area contributed by atoms with Crippen LogP contribution in [0, 0.1) is 5.92 Å². The van der Waals surface area contributed by atoms with Gasteiger partial charge in [-0.25, -0.2) is 14.8 Å². The van der Waals surface area contributed by atoms with E-state index >= 15 is 0 Å². The molecule has 2 aliphatic heterocycles. The molecule has 11 heteroatoms. The molecule has 1 atom stereocenters. The minimum absolute atomic E-state index is 0.116. The molecule has 0 radical (unpaired) electrons. The van der Waals surface area contributed by atoms with Crippen LogP contribution in [-0.4, -0.2) is 71.0 Å². The van der Waals surface area contributed by atoms with Crippen molar-refractivity contribution in [2.45, 2.75) is 32.2 Å². The van der Waals surface area contributed by atoms with E-state index in [1.165, 1.54) is 19.2 Å². The summed E-state index contributed by atoms with van der Waals surface area (Å²) < 4.78 is 22.6. The monoisotopic (exact) mass is 493 g/mol. The van der Waals surface area contributed by atoms with Crippen LogP contribution in [0.5, 0.6) is 17.2 Å². The quantitative estimate of drug-likeness (QED) is 0.514. The SMILES string of the molecule is CCOC(=O)N1CC[C@@H](NC(=O)c2c[nH]c3c(-c4c(OCC5CC5)ccc5c4OCO5)ncnc23)C1. The molecular weight excluding hydrogens is 466 g/mol. The van der Waals surface area contributed by atoms with Gasteiger partial charge >= 0.3 is 6.09 Å². The Balaban J connectivity index is 1.28. The Hall–Kier alpha value is -4.02. The highest BCUT2D eigenvalue weighted by molar-refractivity contribution is 6.08. The Morgan fingerprint density at radius 3 is 2.94 bits per heavy atom. The van der Waals surface area contributed by atoms with Crippen LogP contribution in [0.1, 0.15) is 36.5 Å². The number of aromatic amines is 1. The number of hydrogen-bond acceptors (Lipinski definition) is 8. The summed E-state index contributed by atoms with van der Waals surface area (Å²) >= 11 is 0. The van der Waals surface area contributed by atoms with Crippen molar-refractivity contribution in [2.24, 2.45) is 5.92 Å². The topological polar surface area (TPSA) is 128 Å². The van der Waals surface area contributed by atoms with Gasteiger partial charge < -0.3 is 34.1 Å². The Bertz CT molecular complexity index is 1320. The second-order valence-electron chi connectivity index (χ2n) is 9.18. The lowest BCUT2D eigenvalue weighted by Crippen LogP contribution is -2.38. The first-order valence-electron chi connectivity index (χ1n) is 12.2. The van der Waals surface area contributed by atoms with Crippen LogP contribution in [0.15, 0.2) is 24.7 Å². The van der Waals surface area contributed by atoms with E-state index in [1.54, 1.807) is 18.0 Å². The molecular formula is C25H27N5O6. The zero-order valence-electron chi connectivity index (χ0n) is 19.9. The maximum Gasteiger partial charge on any atom is 0.409 e. The van der Waals surface area contributed by atoms with Gasteiger partial charge in [-0.1, -0.05) is 0 Å². The molecule has 3 aromatic rings. The third-order valence-corrected chi connectivity index (χ3v) is 6.67. The minimum Gasteiger partial charge on any atom is -0.492 e. The van der Waals surface area contributed by atoms with Gasteiger partial charge in [0.15, 0.2) is 11.5 Å². The van der Waals surface area contributed by atoms with Crippen molar-refractivity contribution >= 4 is 23.0 Å². The van der Waals surface area contributed by atoms with Crippen molar-refractivity contribution in [3.63, 3.8) is 0 Å². The number of hydrogen-bond donors (Lipinski definition) is 2. The number of benzene rings is 1. The summed E-state index contributed by atoms with van der Waals surface area (Å²) in [5.74, 6) is 2.13. The van der Waals surface area contributed by atoms with Gasteiger partial charge in [0.1, 0.15) is 23.3 Å².